The molecule has 0 radical (unpaired) electrons. The van der Waals surface area contributed by atoms with Gasteiger partial charge in [0.1, 0.15) is 5.82 Å². The summed E-state index contributed by atoms with van der Waals surface area (Å²) in [4.78, 5) is 0. The highest BCUT2D eigenvalue weighted by molar-refractivity contribution is 7.54. The van der Waals surface area contributed by atoms with Crippen LogP contribution >= 0.6 is 7.60 Å². The Morgan fingerprint density at radius 2 is 1.56 bits per heavy atom. The van der Waals surface area contributed by atoms with Crippen LogP contribution in [0.2, 0.25) is 0 Å². The summed E-state index contributed by atoms with van der Waals surface area (Å²) in [6.45, 7) is 0. The van der Waals surface area contributed by atoms with Crippen LogP contribution in [0.5, 0.6) is 0 Å². The maximum absolute atomic E-state index is 13.3. The Kier molecular flexibility index (Phi) is 5.33. The van der Waals surface area contributed by atoms with Gasteiger partial charge in [-0.2, -0.15) is 0 Å². The van der Waals surface area contributed by atoms with Crippen molar-refractivity contribution < 1.29 is 18.0 Å². The van der Waals surface area contributed by atoms with E-state index in [1.807, 2.05) is 36.4 Å². The average molecular weight is 358 g/mol. The monoisotopic (exact) mass is 358 g/mol. The zero-order valence-corrected chi connectivity index (χ0v) is 15.1. The molecule has 5 heteroatoms. The van der Waals surface area contributed by atoms with Crippen LogP contribution in [-0.2, 0) is 20.0 Å². The molecule has 0 saturated heterocycles. The maximum atomic E-state index is 13.3. The predicted octanol–water partition coefficient (Wildman–Crippen LogP) is 5.75. The molecular weight excluding hydrogens is 338 g/mol. The molecule has 0 aliphatic carbocycles. The molecule has 1 atom stereocenters. The van der Waals surface area contributed by atoms with Crippen molar-refractivity contribution >= 4 is 18.4 Å². The molecule has 3 rings (SSSR count). The summed E-state index contributed by atoms with van der Waals surface area (Å²) in [6, 6.07) is 20.2. The van der Waals surface area contributed by atoms with Gasteiger partial charge in [-0.15, -0.1) is 0 Å². The Hall–Kier alpha value is -2.00. The third-order valence-corrected chi connectivity index (χ3v) is 6.65. The summed E-state index contributed by atoms with van der Waals surface area (Å²) in [5, 5.41) is 2.26. The highest BCUT2D eigenvalue weighted by atomic mass is 31.2. The van der Waals surface area contributed by atoms with Gasteiger partial charge < -0.3 is 9.05 Å². The van der Waals surface area contributed by atoms with Gasteiger partial charge in [0.05, 0.1) is 5.66 Å². The number of hydrogen-bond acceptors (Lipinski definition) is 3. The van der Waals surface area contributed by atoms with E-state index >= 15 is 0 Å². The van der Waals surface area contributed by atoms with Gasteiger partial charge in [-0.25, -0.2) is 4.39 Å². The summed E-state index contributed by atoms with van der Waals surface area (Å²) in [5.41, 5.74) is 1.23. The van der Waals surface area contributed by atoms with Crippen molar-refractivity contribution in [2.24, 2.45) is 0 Å². The molecule has 0 amide bonds. The zero-order chi connectivity index (χ0) is 17.9. The fraction of sp³-hybridized carbons (Fsp3) is 0.200. The largest absolute Gasteiger partial charge is 0.337 e. The summed E-state index contributed by atoms with van der Waals surface area (Å²) in [7, 11) is -0.624. The standard InChI is InChI=1S/C20H20FO3P/c1-23-25(22,24-2)20(17-9-11-19(21)12-10-17)14-15-7-8-16-5-3-4-6-18(16)13-15/h3-13,20H,14H2,1-2H3. The van der Waals surface area contributed by atoms with Crippen molar-refractivity contribution in [3.05, 3.63) is 83.7 Å². The lowest BCUT2D eigenvalue weighted by molar-refractivity contribution is 0.265. The second-order valence-corrected chi connectivity index (χ2v) is 8.29. The van der Waals surface area contributed by atoms with Crippen LogP contribution in [0, 0.1) is 5.82 Å². The molecule has 0 aliphatic heterocycles. The fourth-order valence-electron chi connectivity index (χ4n) is 3.02. The summed E-state index contributed by atoms with van der Waals surface area (Å²) in [5.74, 6) is -0.335. The minimum absolute atomic E-state index is 0.335. The van der Waals surface area contributed by atoms with Crippen LogP contribution in [0.3, 0.4) is 0 Å². The van der Waals surface area contributed by atoms with Crippen LogP contribution in [0.1, 0.15) is 16.8 Å². The van der Waals surface area contributed by atoms with E-state index in [0.717, 1.165) is 21.9 Å². The molecule has 0 heterocycles. The molecule has 0 aromatic heterocycles. The molecular formula is C20H20FO3P. The minimum atomic E-state index is -3.38. The Morgan fingerprint density at radius 1 is 0.920 bits per heavy atom. The van der Waals surface area contributed by atoms with Gasteiger partial charge in [-0.05, 0) is 40.5 Å². The van der Waals surface area contributed by atoms with Crippen LogP contribution in [0.4, 0.5) is 4.39 Å². The van der Waals surface area contributed by atoms with Crippen molar-refractivity contribution in [3.63, 3.8) is 0 Å². The molecule has 25 heavy (non-hydrogen) atoms. The van der Waals surface area contributed by atoms with E-state index in [1.54, 1.807) is 12.1 Å². The van der Waals surface area contributed by atoms with E-state index in [-0.39, 0.29) is 5.82 Å². The molecule has 1 unspecified atom stereocenters. The smallest absolute Gasteiger partial charge is 0.312 e. The molecule has 0 aliphatic rings. The number of fused-ring (bicyclic) bond motifs is 1. The zero-order valence-electron chi connectivity index (χ0n) is 14.2. The van der Waals surface area contributed by atoms with E-state index in [4.69, 9.17) is 9.05 Å². The first-order chi connectivity index (χ1) is 12.1. The van der Waals surface area contributed by atoms with Gasteiger partial charge in [0.15, 0.2) is 0 Å². The lowest BCUT2D eigenvalue weighted by Gasteiger charge is -2.25. The Labute approximate surface area is 146 Å². The van der Waals surface area contributed by atoms with Crippen LogP contribution in [0.15, 0.2) is 66.7 Å². The summed E-state index contributed by atoms with van der Waals surface area (Å²) >= 11 is 0. The Morgan fingerprint density at radius 3 is 2.20 bits per heavy atom. The molecule has 3 nitrogen and oxygen atoms in total. The molecule has 0 fully saturated rings. The number of halogens is 1. The van der Waals surface area contributed by atoms with Crippen molar-refractivity contribution in [1.29, 1.82) is 0 Å². The quantitative estimate of drug-likeness (QED) is 0.527. The van der Waals surface area contributed by atoms with Gasteiger partial charge in [0.25, 0.3) is 0 Å². The van der Waals surface area contributed by atoms with Crippen LogP contribution < -0.4 is 0 Å². The number of rotatable bonds is 6. The summed E-state index contributed by atoms with van der Waals surface area (Å²) in [6.07, 6.45) is 0.468. The topological polar surface area (TPSA) is 35.5 Å². The molecule has 0 N–H and O–H groups in total. The van der Waals surface area contributed by atoms with E-state index in [9.17, 15) is 8.96 Å². The molecule has 0 spiro atoms. The number of benzene rings is 3. The molecule has 3 aromatic rings. The third kappa shape index (κ3) is 3.82. The first kappa shape index (κ1) is 17.8. The third-order valence-electron chi connectivity index (χ3n) is 4.39. The average Bonchev–Trinajstić information content (AvgIpc) is 2.66. The second-order valence-electron chi connectivity index (χ2n) is 5.86. The predicted molar refractivity (Wildman–Crippen MR) is 98.4 cm³/mol. The minimum Gasteiger partial charge on any atom is -0.312 e. The van der Waals surface area contributed by atoms with Gasteiger partial charge in [0.2, 0.25) is 0 Å². The Balaban J connectivity index is 2.01. The molecule has 130 valence electrons. The van der Waals surface area contributed by atoms with Crippen molar-refractivity contribution in [1.82, 2.24) is 0 Å². The van der Waals surface area contributed by atoms with Crippen LogP contribution in [0.25, 0.3) is 10.8 Å². The van der Waals surface area contributed by atoms with E-state index in [0.29, 0.717) is 6.42 Å². The normalized spacial score (nSPS) is 13.1. The van der Waals surface area contributed by atoms with Crippen LogP contribution in [-0.4, -0.2) is 14.2 Å². The summed E-state index contributed by atoms with van der Waals surface area (Å²) < 4.78 is 36.8. The maximum Gasteiger partial charge on any atom is 0.337 e. The van der Waals surface area contributed by atoms with Crippen molar-refractivity contribution in [3.8, 4) is 0 Å². The van der Waals surface area contributed by atoms with Gasteiger partial charge >= 0.3 is 7.60 Å². The van der Waals surface area contributed by atoms with Gasteiger partial charge in [0, 0.05) is 14.2 Å². The number of hydrogen-bond donors (Lipinski definition) is 0. The van der Waals surface area contributed by atoms with Gasteiger partial charge in [-0.1, -0.05) is 54.6 Å². The van der Waals surface area contributed by atoms with Crippen molar-refractivity contribution in [2.75, 3.05) is 14.2 Å². The lowest BCUT2D eigenvalue weighted by atomic mass is 10.0. The van der Waals surface area contributed by atoms with E-state index in [2.05, 4.69) is 6.07 Å². The molecule has 3 aromatic carbocycles. The SMILES string of the molecule is COP(=O)(OC)C(Cc1ccc2ccccc2c1)c1ccc(F)cc1. The van der Waals surface area contributed by atoms with E-state index in [1.165, 1.54) is 26.4 Å². The second kappa shape index (κ2) is 7.49. The lowest BCUT2D eigenvalue weighted by Crippen LogP contribution is -2.07. The van der Waals surface area contributed by atoms with E-state index < -0.39 is 13.3 Å². The fourth-order valence-corrected chi connectivity index (χ4v) is 4.64. The first-order valence-electron chi connectivity index (χ1n) is 8.00. The first-order valence-corrected chi connectivity index (χ1v) is 9.61. The molecule has 0 saturated carbocycles. The van der Waals surface area contributed by atoms with Crippen molar-refractivity contribution in [2.45, 2.75) is 12.1 Å². The Bertz CT molecular complexity index is 900. The molecule has 0 bridgehead atoms. The highest BCUT2D eigenvalue weighted by Gasteiger charge is 2.35. The highest BCUT2D eigenvalue weighted by Crippen LogP contribution is 2.61. The van der Waals surface area contributed by atoms with Gasteiger partial charge in [-0.3, -0.25) is 4.57 Å².